The van der Waals surface area contributed by atoms with Crippen molar-refractivity contribution in [3.8, 4) is 0 Å². The number of nitrogens with zero attached hydrogens (tertiary/aromatic N) is 1. The topological polar surface area (TPSA) is 41.6 Å². The molecule has 2 fully saturated rings. The molecule has 4 nitrogen and oxygen atoms in total. The van der Waals surface area contributed by atoms with E-state index < -0.39 is 0 Å². The van der Waals surface area contributed by atoms with Gasteiger partial charge in [0, 0.05) is 12.2 Å². The number of amides is 1. The summed E-state index contributed by atoms with van der Waals surface area (Å²) < 4.78 is 5.26. The zero-order valence-electron chi connectivity index (χ0n) is 9.69. The molecule has 1 N–H and O–H groups in total. The molecule has 1 aromatic carbocycles. The number of piperidine rings is 1. The van der Waals surface area contributed by atoms with Crippen LogP contribution in [-0.4, -0.2) is 31.3 Å². The molecule has 2 heterocycles. The maximum absolute atomic E-state index is 11.9. The molecular weight excluding hydrogens is 216 g/mol. The summed E-state index contributed by atoms with van der Waals surface area (Å²) in [5.74, 6) is 0. The van der Waals surface area contributed by atoms with Crippen LogP contribution in [0.4, 0.5) is 10.5 Å². The van der Waals surface area contributed by atoms with Gasteiger partial charge in [-0.3, -0.25) is 4.90 Å². The van der Waals surface area contributed by atoms with Crippen LogP contribution in [0, 0.1) is 0 Å². The Labute approximate surface area is 101 Å². The average molecular weight is 232 g/mol. The van der Waals surface area contributed by atoms with Crippen LogP contribution >= 0.6 is 0 Å². The Hall–Kier alpha value is -1.55. The van der Waals surface area contributed by atoms with E-state index in [-0.39, 0.29) is 11.6 Å². The number of hydrogen-bond donors (Lipinski definition) is 1. The van der Waals surface area contributed by atoms with Crippen molar-refractivity contribution in [2.24, 2.45) is 0 Å². The van der Waals surface area contributed by atoms with E-state index in [1.807, 2.05) is 35.2 Å². The normalized spacial score (nSPS) is 28.5. The first kappa shape index (κ1) is 10.6. The van der Waals surface area contributed by atoms with Gasteiger partial charge in [-0.05, 0) is 31.5 Å². The van der Waals surface area contributed by atoms with Crippen LogP contribution in [0.2, 0.25) is 0 Å². The summed E-state index contributed by atoms with van der Waals surface area (Å²) in [7, 11) is 0. The van der Waals surface area contributed by atoms with Crippen LogP contribution in [0.5, 0.6) is 0 Å². The molecule has 4 heteroatoms. The van der Waals surface area contributed by atoms with Crippen molar-refractivity contribution in [1.29, 1.82) is 0 Å². The smallest absolute Gasteiger partial charge is 0.415 e. The first-order valence-corrected chi connectivity index (χ1v) is 6.05. The number of hydrogen-bond acceptors (Lipinski definition) is 3. The number of rotatable bonds is 1. The Bertz CT molecular complexity index is 413. The fourth-order valence-electron chi connectivity index (χ4n) is 2.74. The maximum Gasteiger partial charge on any atom is 0.415 e. The molecule has 17 heavy (non-hydrogen) atoms. The second-order valence-electron chi connectivity index (χ2n) is 4.73. The molecular formula is C13H16N2O2. The molecule has 0 saturated carbocycles. The standard InChI is InChI=1S/C13H16N2O2/c16-12-15(11-5-2-1-3-6-11)13(10-17-12)7-4-8-14-9-13/h1-3,5-6,14H,4,7-10H2. The molecule has 1 aromatic rings. The van der Waals surface area contributed by atoms with Gasteiger partial charge in [0.1, 0.15) is 6.61 Å². The SMILES string of the molecule is O=C1OCC2(CCCNC2)N1c1ccccc1. The van der Waals surface area contributed by atoms with Crippen LogP contribution < -0.4 is 10.2 Å². The van der Waals surface area contributed by atoms with E-state index in [9.17, 15) is 4.79 Å². The number of anilines is 1. The lowest BCUT2D eigenvalue weighted by atomic mass is 9.89. The second kappa shape index (κ2) is 4.04. The molecule has 2 saturated heterocycles. The highest BCUT2D eigenvalue weighted by Crippen LogP contribution is 2.35. The zero-order chi connectivity index (χ0) is 11.7. The van der Waals surface area contributed by atoms with Gasteiger partial charge in [0.25, 0.3) is 0 Å². The van der Waals surface area contributed by atoms with Crippen molar-refractivity contribution in [3.05, 3.63) is 30.3 Å². The zero-order valence-corrected chi connectivity index (χ0v) is 9.69. The van der Waals surface area contributed by atoms with Gasteiger partial charge in [-0.25, -0.2) is 4.79 Å². The van der Waals surface area contributed by atoms with Crippen molar-refractivity contribution in [2.75, 3.05) is 24.6 Å². The predicted molar refractivity (Wildman–Crippen MR) is 65.1 cm³/mol. The maximum atomic E-state index is 11.9. The van der Waals surface area contributed by atoms with Gasteiger partial charge in [0.2, 0.25) is 0 Å². The monoisotopic (exact) mass is 232 g/mol. The van der Waals surface area contributed by atoms with E-state index in [0.29, 0.717) is 6.61 Å². The van der Waals surface area contributed by atoms with Crippen molar-refractivity contribution in [1.82, 2.24) is 5.32 Å². The summed E-state index contributed by atoms with van der Waals surface area (Å²) in [6.45, 7) is 2.33. The molecule has 1 atom stereocenters. The predicted octanol–water partition coefficient (Wildman–Crippen LogP) is 1.77. The molecule has 2 aliphatic heterocycles. The summed E-state index contributed by atoms with van der Waals surface area (Å²) in [6, 6.07) is 9.78. The molecule has 0 radical (unpaired) electrons. The number of cyclic esters (lactones) is 1. The summed E-state index contributed by atoms with van der Waals surface area (Å²) in [4.78, 5) is 13.7. The number of ether oxygens (including phenoxy) is 1. The lowest BCUT2D eigenvalue weighted by Gasteiger charge is -2.38. The summed E-state index contributed by atoms with van der Waals surface area (Å²) >= 11 is 0. The van der Waals surface area contributed by atoms with Gasteiger partial charge >= 0.3 is 6.09 Å². The molecule has 3 rings (SSSR count). The summed E-state index contributed by atoms with van der Waals surface area (Å²) in [6.07, 6.45) is 1.86. The van der Waals surface area contributed by atoms with Crippen LogP contribution in [-0.2, 0) is 4.74 Å². The van der Waals surface area contributed by atoms with Crippen LogP contribution in [0.25, 0.3) is 0 Å². The first-order valence-electron chi connectivity index (χ1n) is 6.05. The molecule has 1 amide bonds. The Kier molecular flexibility index (Phi) is 2.52. The molecule has 1 unspecified atom stereocenters. The fraction of sp³-hybridized carbons (Fsp3) is 0.462. The van der Waals surface area contributed by atoms with Crippen LogP contribution in [0.15, 0.2) is 30.3 Å². The minimum Gasteiger partial charge on any atom is -0.447 e. The van der Waals surface area contributed by atoms with Crippen molar-refractivity contribution in [3.63, 3.8) is 0 Å². The number of nitrogens with one attached hydrogen (secondary N) is 1. The van der Waals surface area contributed by atoms with E-state index in [0.717, 1.165) is 31.6 Å². The van der Waals surface area contributed by atoms with E-state index >= 15 is 0 Å². The summed E-state index contributed by atoms with van der Waals surface area (Å²) in [5, 5.41) is 3.36. The van der Waals surface area contributed by atoms with Gasteiger partial charge in [-0.15, -0.1) is 0 Å². The largest absolute Gasteiger partial charge is 0.447 e. The van der Waals surface area contributed by atoms with E-state index in [1.54, 1.807) is 0 Å². The molecule has 90 valence electrons. The van der Waals surface area contributed by atoms with Gasteiger partial charge in [0.05, 0.1) is 5.54 Å². The molecule has 2 aliphatic rings. The summed E-state index contributed by atoms with van der Waals surface area (Å²) in [5.41, 5.74) is 0.746. The number of para-hydroxylation sites is 1. The van der Waals surface area contributed by atoms with Gasteiger partial charge in [-0.2, -0.15) is 0 Å². The van der Waals surface area contributed by atoms with E-state index in [4.69, 9.17) is 4.74 Å². The van der Waals surface area contributed by atoms with Crippen molar-refractivity contribution >= 4 is 11.8 Å². The lowest BCUT2D eigenvalue weighted by molar-refractivity contribution is 0.167. The molecule has 0 bridgehead atoms. The Balaban J connectivity index is 1.97. The third-order valence-electron chi connectivity index (χ3n) is 3.59. The highest BCUT2D eigenvalue weighted by Gasteiger charge is 2.48. The fourth-order valence-corrected chi connectivity index (χ4v) is 2.74. The third-order valence-corrected chi connectivity index (χ3v) is 3.59. The third kappa shape index (κ3) is 1.69. The van der Waals surface area contributed by atoms with Crippen LogP contribution in [0.1, 0.15) is 12.8 Å². The number of carbonyl (C=O) groups excluding carboxylic acids is 1. The Morgan fingerprint density at radius 3 is 2.82 bits per heavy atom. The molecule has 0 aliphatic carbocycles. The van der Waals surface area contributed by atoms with Crippen molar-refractivity contribution in [2.45, 2.75) is 18.4 Å². The lowest BCUT2D eigenvalue weighted by Crippen LogP contribution is -2.57. The first-order chi connectivity index (χ1) is 8.32. The number of benzene rings is 1. The highest BCUT2D eigenvalue weighted by molar-refractivity contribution is 5.91. The average Bonchev–Trinajstić information content (AvgIpc) is 2.68. The highest BCUT2D eigenvalue weighted by atomic mass is 16.6. The van der Waals surface area contributed by atoms with Gasteiger partial charge in [-0.1, -0.05) is 18.2 Å². The van der Waals surface area contributed by atoms with E-state index in [2.05, 4.69) is 5.32 Å². The quantitative estimate of drug-likeness (QED) is 0.802. The Morgan fingerprint density at radius 1 is 1.29 bits per heavy atom. The van der Waals surface area contributed by atoms with Crippen LogP contribution in [0.3, 0.4) is 0 Å². The van der Waals surface area contributed by atoms with E-state index in [1.165, 1.54) is 0 Å². The molecule has 1 spiro atoms. The molecule has 0 aromatic heterocycles. The Morgan fingerprint density at radius 2 is 2.12 bits per heavy atom. The minimum absolute atomic E-state index is 0.184. The minimum atomic E-state index is -0.222. The van der Waals surface area contributed by atoms with Gasteiger partial charge in [0.15, 0.2) is 0 Å². The second-order valence-corrected chi connectivity index (χ2v) is 4.73. The number of carbonyl (C=O) groups is 1. The van der Waals surface area contributed by atoms with Gasteiger partial charge < -0.3 is 10.1 Å². The van der Waals surface area contributed by atoms with Crippen molar-refractivity contribution < 1.29 is 9.53 Å².